The number of benzene rings is 1. The van der Waals surface area contributed by atoms with Crippen LogP contribution in [0, 0.1) is 5.92 Å². The fraction of sp³-hybridized carbons (Fsp3) is 0.562. The Bertz CT molecular complexity index is 456. The molecule has 4 heteroatoms. The SMILES string of the molecule is CC(=O)C(C)CN(C)c1ccccc1N1CCOCC1. The molecule has 20 heavy (non-hydrogen) atoms. The van der Waals surface area contributed by atoms with Crippen LogP contribution in [-0.2, 0) is 9.53 Å². The maximum Gasteiger partial charge on any atom is 0.134 e. The highest BCUT2D eigenvalue weighted by atomic mass is 16.5. The van der Waals surface area contributed by atoms with E-state index < -0.39 is 0 Å². The van der Waals surface area contributed by atoms with Gasteiger partial charge in [0.1, 0.15) is 5.78 Å². The average molecular weight is 276 g/mol. The molecule has 0 bridgehead atoms. The summed E-state index contributed by atoms with van der Waals surface area (Å²) in [6, 6.07) is 8.39. The molecule has 1 aromatic carbocycles. The maximum atomic E-state index is 11.4. The van der Waals surface area contributed by atoms with E-state index in [1.54, 1.807) is 6.92 Å². The molecule has 1 heterocycles. The van der Waals surface area contributed by atoms with Crippen molar-refractivity contribution >= 4 is 17.2 Å². The first kappa shape index (κ1) is 14.9. The van der Waals surface area contributed by atoms with Gasteiger partial charge >= 0.3 is 0 Å². The van der Waals surface area contributed by atoms with E-state index in [4.69, 9.17) is 4.74 Å². The number of nitrogens with zero attached hydrogens (tertiary/aromatic N) is 2. The second-order valence-electron chi connectivity index (χ2n) is 5.48. The van der Waals surface area contributed by atoms with Crippen LogP contribution in [0.3, 0.4) is 0 Å². The third-order valence-electron chi connectivity index (χ3n) is 3.89. The van der Waals surface area contributed by atoms with E-state index in [9.17, 15) is 4.79 Å². The minimum Gasteiger partial charge on any atom is -0.378 e. The molecule has 4 nitrogen and oxygen atoms in total. The molecular formula is C16H24N2O2. The van der Waals surface area contributed by atoms with Crippen molar-refractivity contribution in [3.05, 3.63) is 24.3 Å². The largest absolute Gasteiger partial charge is 0.378 e. The third-order valence-corrected chi connectivity index (χ3v) is 3.89. The Hall–Kier alpha value is -1.55. The van der Waals surface area contributed by atoms with E-state index in [1.165, 1.54) is 11.4 Å². The van der Waals surface area contributed by atoms with Gasteiger partial charge in [0.15, 0.2) is 0 Å². The van der Waals surface area contributed by atoms with E-state index in [1.807, 2.05) is 13.0 Å². The first-order valence-corrected chi connectivity index (χ1v) is 7.23. The summed E-state index contributed by atoms with van der Waals surface area (Å²) >= 11 is 0. The van der Waals surface area contributed by atoms with Crippen molar-refractivity contribution in [2.24, 2.45) is 5.92 Å². The number of ketones is 1. The second-order valence-corrected chi connectivity index (χ2v) is 5.48. The summed E-state index contributed by atoms with van der Waals surface area (Å²) in [4.78, 5) is 16.0. The summed E-state index contributed by atoms with van der Waals surface area (Å²) in [7, 11) is 2.05. The molecule has 0 radical (unpaired) electrons. The highest BCUT2D eigenvalue weighted by Gasteiger charge is 2.18. The lowest BCUT2D eigenvalue weighted by Gasteiger charge is -2.33. The summed E-state index contributed by atoms with van der Waals surface area (Å²) in [6.07, 6.45) is 0. The predicted octanol–water partition coefficient (Wildman–Crippen LogP) is 2.18. The monoisotopic (exact) mass is 276 g/mol. The zero-order valence-corrected chi connectivity index (χ0v) is 12.6. The number of morpholine rings is 1. The molecule has 0 aliphatic carbocycles. The number of carbonyl (C=O) groups is 1. The van der Waals surface area contributed by atoms with Crippen molar-refractivity contribution in [2.45, 2.75) is 13.8 Å². The van der Waals surface area contributed by atoms with Gasteiger partial charge in [0, 0.05) is 32.6 Å². The average Bonchev–Trinajstić information content (AvgIpc) is 2.48. The quantitative estimate of drug-likeness (QED) is 0.825. The molecule has 0 aromatic heterocycles. The predicted molar refractivity (Wildman–Crippen MR) is 82.6 cm³/mol. The fourth-order valence-electron chi connectivity index (χ4n) is 2.50. The van der Waals surface area contributed by atoms with Crippen LogP contribution in [-0.4, -0.2) is 45.7 Å². The van der Waals surface area contributed by atoms with Gasteiger partial charge in [-0.15, -0.1) is 0 Å². The molecule has 1 fully saturated rings. The van der Waals surface area contributed by atoms with Crippen LogP contribution in [0.15, 0.2) is 24.3 Å². The van der Waals surface area contributed by atoms with E-state index >= 15 is 0 Å². The molecule has 1 aliphatic rings. The van der Waals surface area contributed by atoms with Crippen LogP contribution < -0.4 is 9.80 Å². The van der Waals surface area contributed by atoms with Crippen LogP contribution >= 0.6 is 0 Å². The van der Waals surface area contributed by atoms with E-state index in [2.05, 4.69) is 35.0 Å². The van der Waals surface area contributed by atoms with E-state index in [0.29, 0.717) is 0 Å². The molecule has 0 amide bonds. The lowest BCUT2D eigenvalue weighted by molar-refractivity contribution is -0.119. The van der Waals surface area contributed by atoms with Crippen molar-refractivity contribution in [1.29, 1.82) is 0 Å². The van der Waals surface area contributed by atoms with Gasteiger partial charge in [-0.1, -0.05) is 19.1 Å². The standard InChI is InChI=1S/C16H24N2O2/c1-13(14(2)19)12-17(3)15-6-4-5-7-16(15)18-8-10-20-11-9-18/h4-7,13H,8-12H2,1-3H3. The molecule has 1 atom stereocenters. The Morgan fingerprint density at radius 3 is 2.65 bits per heavy atom. The van der Waals surface area contributed by atoms with Gasteiger partial charge in [-0.05, 0) is 19.1 Å². The summed E-state index contributed by atoms with van der Waals surface area (Å²) < 4.78 is 5.42. The van der Waals surface area contributed by atoms with Crippen molar-refractivity contribution in [3.63, 3.8) is 0 Å². The van der Waals surface area contributed by atoms with Crippen LogP contribution in [0.5, 0.6) is 0 Å². The van der Waals surface area contributed by atoms with Crippen LogP contribution in [0.1, 0.15) is 13.8 Å². The number of Topliss-reactive ketones (excluding diaryl/α,β-unsaturated/α-hetero) is 1. The lowest BCUT2D eigenvalue weighted by Crippen LogP contribution is -2.37. The van der Waals surface area contributed by atoms with Gasteiger partial charge < -0.3 is 14.5 Å². The number of anilines is 2. The molecule has 2 rings (SSSR count). The Balaban J connectivity index is 2.16. The molecule has 1 saturated heterocycles. The molecular weight excluding hydrogens is 252 g/mol. The third kappa shape index (κ3) is 3.51. The summed E-state index contributed by atoms with van der Waals surface area (Å²) in [6.45, 7) is 7.79. The van der Waals surface area contributed by atoms with Crippen LogP contribution in [0.2, 0.25) is 0 Å². The topological polar surface area (TPSA) is 32.8 Å². The number of hydrogen-bond acceptors (Lipinski definition) is 4. The number of ether oxygens (including phenoxy) is 1. The number of hydrogen-bond donors (Lipinski definition) is 0. The van der Waals surface area contributed by atoms with Crippen molar-refractivity contribution in [1.82, 2.24) is 0 Å². The van der Waals surface area contributed by atoms with E-state index in [-0.39, 0.29) is 11.7 Å². The minimum atomic E-state index is 0.0535. The van der Waals surface area contributed by atoms with Gasteiger partial charge in [-0.25, -0.2) is 0 Å². The molecule has 1 aromatic rings. The Morgan fingerprint density at radius 1 is 1.35 bits per heavy atom. The van der Waals surface area contributed by atoms with Gasteiger partial charge in [0.2, 0.25) is 0 Å². The Labute approximate surface area is 121 Å². The summed E-state index contributed by atoms with van der Waals surface area (Å²) in [5.41, 5.74) is 2.41. The highest BCUT2D eigenvalue weighted by molar-refractivity contribution is 5.79. The molecule has 0 saturated carbocycles. The Morgan fingerprint density at radius 2 is 2.00 bits per heavy atom. The molecule has 0 spiro atoms. The zero-order chi connectivity index (χ0) is 14.5. The molecule has 110 valence electrons. The van der Waals surface area contributed by atoms with Crippen LogP contribution in [0.4, 0.5) is 11.4 Å². The van der Waals surface area contributed by atoms with Gasteiger partial charge in [-0.3, -0.25) is 4.79 Å². The summed E-state index contributed by atoms with van der Waals surface area (Å²) in [5, 5.41) is 0. The Kier molecular flexibility index (Phi) is 5.01. The molecule has 0 N–H and O–H groups in total. The fourth-order valence-corrected chi connectivity index (χ4v) is 2.50. The van der Waals surface area contributed by atoms with Gasteiger partial charge in [0.25, 0.3) is 0 Å². The minimum absolute atomic E-state index is 0.0535. The van der Waals surface area contributed by atoms with E-state index in [0.717, 1.165) is 32.8 Å². The number of carbonyl (C=O) groups excluding carboxylic acids is 1. The van der Waals surface area contributed by atoms with Crippen molar-refractivity contribution in [2.75, 3.05) is 49.7 Å². The number of para-hydroxylation sites is 2. The number of rotatable bonds is 5. The smallest absolute Gasteiger partial charge is 0.134 e. The van der Waals surface area contributed by atoms with Crippen molar-refractivity contribution in [3.8, 4) is 0 Å². The van der Waals surface area contributed by atoms with Crippen LogP contribution in [0.25, 0.3) is 0 Å². The first-order valence-electron chi connectivity index (χ1n) is 7.23. The second kappa shape index (κ2) is 6.75. The summed E-state index contributed by atoms with van der Waals surface area (Å²) in [5.74, 6) is 0.290. The maximum absolute atomic E-state index is 11.4. The molecule has 1 aliphatic heterocycles. The highest BCUT2D eigenvalue weighted by Crippen LogP contribution is 2.29. The first-order chi connectivity index (χ1) is 9.59. The normalized spacial score (nSPS) is 16.9. The molecule has 1 unspecified atom stereocenters. The van der Waals surface area contributed by atoms with Crippen molar-refractivity contribution < 1.29 is 9.53 Å². The van der Waals surface area contributed by atoms with Gasteiger partial charge in [0.05, 0.1) is 24.6 Å². The zero-order valence-electron chi connectivity index (χ0n) is 12.6. The lowest BCUT2D eigenvalue weighted by atomic mass is 10.1. The van der Waals surface area contributed by atoms with Gasteiger partial charge in [-0.2, -0.15) is 0 Å².